The third kappa shape index (κ3) is 5.28. The van der Waals surface area contributed by atoms with Crippen LogP contribution >= 0.6 is 0 Å². The van der Waals surface area contributed by atoms with Crippen molar-refractivity contribution in [1.29, 1.82) is 0 Å². The zero-order valence-corrected chi connectivity index (χ0v) is 18.7. The molecule has 1 aromatic rings. The Kier molecular flexibility index (Phi) is 7.38. The predicted octanol–water partition coefficient (Wildman–Crippen LogP) is 7.77. The first-order valence-electron chi connectivity index (χ1n) is 12.6. The molecule has 0 N–H and O–H groups in total. The van der Waals surface area contributed by atoms with Crippen molar-refractivity contribution in [3.8, 4) is 5.75 Å². The smallest absolute Gasteiger partial charge is 0.119 e. The van der Waals surface area contributed by atoms with Gasteiger partial charge >= 0.3 is 0 Å². The van der Waals surface area contributed by atoms with Crippen molar-refractivity contribution in [1.82, 2.24) is 0 Å². The van der Waals surface area contributed by atoms with Crippen LogP contribution in [0.25, 0.3) is 0 Å². The van der Waals surface area contributed by atoms with Gasteiger partial charge in [0.25, 0.3) is 0 Å². The van der Waals surface area contributed by atoms with E-state index in [9.17, 15) is 0 Å². The average Bonchev–Trinajstić information content (AvgIpc) is 2.77. The monoisotopic (exact) mass is 394 g/mol. The van der Waals surface area contributed by atoms with Crippen LogP contribution in [-0.2, 0) is 12.8 Å². The Bertz CT molecular complexity index is 662. The van der Waals surface area contributed by atoms with Gasteiger partial charge in [-0.05, 0) is 117 Å². The Hall–Kier alpha value is -1.24. The molecule has 0 amide bonds. The molecule has 0 heterocycles. The van der Waals surface area contributed by atoms with E-state index in [2.05, 4.69) is 37.8 Å². The van der Waals surface area contributed by atoms with E-state index < -0.39 is 0 Å². The van der Waals surface area contributed by atoms with E-state index >= 15 is 0 Å². The van der Waals surface area contributed by atoms with Gasteiger partial charge in [-0.1, -0.05) is 38.3 Å². The number of rotatable bonds is 8. The topological polar surface area (TPSA) is 9.23 Å². The van der Waals surface area contributed by atoms with Crippen molar-refractivity contribution in [2.45, 2.75) is 90.4 Å². The molecule has 5 atom stereocenters. The zero-order chi connectivity index (χ0) is 20.1. The minimum Gasteiger partial charge on any atom is -0.494 e. The Morgan fingerprint density at radius 3 is 2.52 bits per heavy atom. The highest BCUT2D eigenvalue weighted by Gasteiger charge is 2.38. The fraction of sp³-hybridized carbons (Fsp3) is 0.714. The fourth-order valence-corrected chi connectivity index (χ4v) is 6.57. The van der Waals surface area contributed by atoms with Crippen LogP contribution in [0.15, 0.2) is 30.9 Å². The summed E-state index contributed by atoms with van der Waals surface area (Å²) in [6, 6.07) is 6.96. The minimum atomic E-state index is 0.803. The van der Waals surface area contributed by atoms with Gasteiger partial charge in [-0.2, -0.15) is 0 Å². The molecule has 0 radical (unpaired) electrons. The van der Waals surface area contributed by atoms with Gasteiger partial charge < -0.3 is 4.74 Å². The van der Waals surface area contributed by atoms with Crippen LogP contribution in [0.2, 0.25) is 0 Å². The Balaban J connectivity index is 1.28. The number of unbranched alkanes of at least 4 members (excludes halogenated alkanes) is 3. The Morgan fingerprint density at radius 1 is 0.897 bits per heavy atom. The second-order valence-electron chi connectivity index (χ2n) is 10.2. The van der Waals surface area contributed by atoms with Crippen LogP contribution in [0.3, 0.4) is 0 Å². The lowest BCUT2D eigenvalue weighted by molar-refractivity contribution is 0.0811. The molecule has 4 rings (SSSR count). The molecule has 0 aromatic heterocycles. The first-order valence-corrected chi connectivity index (χ1v) is 12.6. The number of allylic oxidation sites excluding steroid dienone is 1. The summed E-state index contributed by atoms with van der Waals surface area (Å²) in [5.74, 6) is 5.79. The lowest BCUT2D eigenvalue weighted by atomic mass is 9.61. The van der Waals surface area contributed by atoms with Crippen molar-refractivity contribution in [3.63, 3.8) is 0 Å². The molecule has 2 fully saturated rings. The Morgan fingerprint density at radius 2 is 1.69 bits per heavy atom. The largest absolute Gasteiger partial charge is 0.494 e. The summed E-state index contributed by atoms with van der Waals surface area (Å²) < 4.78 is 6.03. The molecule has 1 heteroatoms. The van der Waals surface area contributed by atoms with E-state index in [1.165, 1.54) is 83.5 Å². The quantitative estimate of drug-likeness (QED) is 0.323. The maximum Gasteiger partial charge on any atom is 0.119 e. The molecule has 3 aliphatic carbocycles. The molecule has 160 valence electrons. The predicted molar refractivity (Wildman–Crippen MR) is 123 cm³/mol. The summed E-state index contributed by atoms with van der Waals surface area (Å²) in [6.07, 6.45) is 20.0. The van der Waals surface area contributed by atoms with Crippen LogP contribution in [-0.4, -0.2) is 6.61 Å². The maximum absolute atomic E-state index is 6.03. The molecule has 2 saturated carbocycles. The number of aryl methyl sites for hydroxylation is 1. The van der Waals surface area contributed by atoms with Crippen LogP contribution in [0.5, 0.6) is 5.75 Å². The van der Waals surface area contributed by atoms with Crippen molar-refractivity contribution >= 4 is 0 Å². The van der Waals surface area contributed by atoms with Crippen molar-refractivity contribution in [3.05, 3.63) is 42.0 Å². The lowest BCUT2D eigenvalue weighted by Crippen LogP contribution is -2.34. The maximum atomic E-state index is 6.03. The molecular formula is C28H42O. The second kappa shape index (κ2) is 10.2. The van der Waals surface area contributed by atoms with Crippen molar-refractivity contribution < 1.29 is 4.74 Å². The molecule has 0 saturated heterocycles. The highest BCUT2D eigenvalue weighted by atomic mass is 16.5. The van der Waals surface area contributed by atoms with E-state index in [-0.39, 0.29) is 0 Å². The number of benzene rings is 1. The molecule has 29 heavy (non-hydrogen) atoms. The van der Waals surface area contributed by atoms with Crippen LogP contribution in [0, 0.1) is 29.6 Å². The van der Waals surface area contributed by atoms with Gasteiger partial charge in [0, 0.05) is 0 Å². The van der Waals surface area contributed by atoms with Gasteiger partial charge in [0.1, 0.15) is 5.75 Å². The van der Waals surface area contributed by atoms with Crippen LogP contribution in [0.4, 0.5) is 0 Å². The SMILES string of the molecule is C=C[C@@H]1CC[C@@H]2CC(C3CCc4cc(OCCCCCC)ccc4C3)CCC2C1. The number of hydrogen-bond donors (Lipinski definition) is 0. The summed E-state index contributed by atoms with van der Waals surface area (Å²) >= 11 is 0. The molecule has 0 spiro atoms. The molecule has 0 aliphatic heterocycles. The van der Waals surface area contributed by atoms with E-state index in [1.807, 2.05) is 0 Å². The van der Waals surface area contributed by atoms with Gasteiger partial charge in [-0.25, -0.2) is 0 Å². The second-order valence-corrected chi connectivity index (χ2v) is 10.2. The van der Waals surface area contributed by atoms with Gasteiger partial charge in [-0.15, -0.1) is 6.58 Å². The van der Waals surface area contributed by atoms with E-state index in [4.69, 9.17) is 4.74 Å². The molecule has 0 bridgehead atoms. The number of ether oxygens (including phenoxy) is 1. The molecule has 3 aliphatic rings. The van der Waals surface area contributed by atoms with Crippen LogP contribution < -0.4 is 4.74 Å². The zero-order valence-electron chi connectivity index (χ0n) is 18.7. The lowest BCUT2D eigenvalue weighted by Gasteiger charge is -2.44. The van der Waals surface area contributed by atoms with Crippen molar-refractivity contribution in [2.75, 3.05) is 6.61 Å². The fourth-order valence-electron chi connectivity index (χ4n) is 6.57. The number of fused-ring (bicyclic) bond motifs is 2. The van der Waals surface area contributed by atoms with Crippen molar-refractivity contribution in [2.24, 2.45) is 29.6 Å². The Labute approximate surface area is 179 Å². The minimum absolute atomic E-state index is 0.803. The molecular weight excluding hydrogens is 352 g/mol. The molecule has 3 unspecified atom stereocenters. The normalized spacial score (nSPS) is 31.6. The van der Waals surface area contributed by atoms with Gasteiger partial charge in [0.05, 0.1) is 6.61 Å². The van der Waals surface area contributed by atoms with Gasteiger partial charge in [-0.3, -0.25) is 0 Å². The molecule has 1 aromatic carbocycles. The summed E-state index contributed by atoms with van der Waals surface area (Å²) in [7, 11) is 0. The van der Waals surface area contributed by atoms with Gasteiger partial charge in [0.2, 0.25) is 0 Å². The standard InChI is InChI=1S/C28H42O/c1-3-5-6-7-16-29-28-15-14-26-19-25(12-13-27(26)20-28)24-11-10-22-17-21(4-2)8-9-23(22)18-24/h4,14-15,20-25H,2-3,5-13,16-19H2,1H3/t21-,22?,23-,24?,25?/m1/s1. The van der Waals surface area contributed by atoms with Crippen LogP contribution in [0.1, 0.15) is 88.7 Å². The summed E-state index contributed by atoms with van der Waals surface area (Å²) in [6.45, 7) is 7.19. The number of hydrogen-bond acceptors (Lipinski definition) is 1. The summed E-state index contributed by atoms with van der Waals surface area (Å²) in [4.78, 5) is 0. The first kappa shape index (κ1) is 21.0. The highest BCUT2D eigenvalue weighted by Crippen LogP contribution is 2.48. The van der Waals surface area contributed by atoms with Gasteiger partial charge in [0.15, 0.2) is 0 Å². The average molecular weight is 395 g/mol. The highest BCUT2D eigenvalue weighted by molar-refractivity contribution is 5.37. The summed E-state index contributed by atoms with van der Waals surface area (Å²) in [5.41, 5.74) is 3.17. The van der Waals surface area contributed by atoms with E-state index in [0.717, 1.165) is 41.9 Å². The first-order chi connectivity index (χ1) is 14.3. The summed E-state index contributed by atoms with van der Waals surface area (Å²) in [5, 5.41) is 0. The third-order valence-electron chi connectivity index (χ3n) is 8.41. The van der Waals surface area contributed by atoms with E-state index in [0.29, 0.717) is 0 Å². The third-order valence-corrected chi connectivity index (χ3v) is 8.41. The molecule has 1 nitrogen and oxygen atoms in total. The van der Waals surface area contributed by atoms with E-state index in [1.54, 1.807) is 11.1 Å².